The van der Waals surface area contributed by atoms with Crippen LogP contribution in [-0.4, -0.2) is 33.8 Å². The zero-order valence-corrected chi connectivity index (χ0v) is 15.1. The Bertz CT molecular complexity index is 784. The molecule has 152 valence electrons. The van der Waals surface area contributed by atoms with E-state index in [0.717, 1.165) is 24.6 Å². The van der Waals surface area contributed by atoms with Crippen LogP contribution in [0, 0.1) is 5.92 Å². The zero-order chi connectivity index (χ0) is 20.1. The van der Waals surface area contributed by atoms with E-state index in [0.29, 0.717) is 32.0 Å². The fraction of sp³-hybridized carbons (Fsp3) is 0.474. The van der Waals surface area contributed by atoms with Crippen LogP contribution in [0.4, 0.5) is 13.2 Å². The van der Waals surface area contributed by atoms with Gasteiger partial charge in [-0.25, -0.2) is 4.79 Å². The number of carboxylic acids is 1. The van der Waals surface area contributed by atoms with Gasteiger partial charge in [0.15, 0.2) is 0 Å². The van der Waals surface area contributed by atoms with Gasteiger partial charge in [0.05, 0.1) is 12.6 Å². The molecule has 0 unspecified atom stereocenters. The van der Waals surface area contributed by atoms with E-state index in [9.17, 15) is 18.0 Å². The quantitative estimate of drug-likeness (QED) is 0.747. The fourth-order valence-electron chi connectivity index (χ4n) is 3.39. The second-order valence-corrected chi connectivity index (χ2v) is 6.86. The molecule has 0 amide bonds. The summed E-state index contributed by atoms with van der Waals surface area (Å²) in [7, 11) is 0. The summed E-state index contributed by atoms with van der Waals surface area (Å²) in [6.45, 7) is 1.16. The molecule has 0 bridgehead atoms. The van der Waals surface area contributed by atoms with E-state index in [-0.39, 0.29) is 6.04 Å². The van der Waals surface area contributed by atoms with Crippen molar-refractivity contribution in [3.63, 3.8) is 0 Å². The number of halogens is 3. The average molecular weight is 398 g/mol. The van der Waals surface area contributed by atoms with Crippen LogP contribution in [0.3, 0.4) is 0 Å². The molecule has 28 heavy (non-hydrogen) atoms. The monoisotopic (exact) mass is 398 g/mol. The Kier molecular flexibility index (Phi) is 6.23. The largest absolute Gasteiger partial charge is 0.574 e. The van der Waals surface area contributed by atoms with Gasteiger partial charge in [-0.2, -0.15) is 0 Å². The summed E-state index contributed by atoms with van der Waals surface area (Å²) in [4.78, 5) is 11.2. The lowest BCUT2D eigenvalue weighted by Crippen LogP contribution is -2.22. The van der Waals surface area contributed by atoms with E-state index in [1.165, 1.54) is 4.68 Å². The van der Waals surface area contributed by atoms with Crippen molar-refractivity contribution in [2.45, 2.75) is 44.7 Å². The summed E-state index contributed by atoms with van der Waals surface area (Å²) >= 11 is 0. The zero-order valence-electron chi connectivity index (χ0n) is 15.1. The molecule has 1 aliphatic carbocycles. The highest BCUT2D eigenvalue weighted by Gasteiger charge is 2.35. The smallest absolute Gasteiger partial charge is 0.477 e. The molecule has 1 aromatic carbocycles. The van der Waals surface area contributed by atoms with Crippen LogP contribution in [0.15, 0.2) is 36.5 Å². The van der Waals surface area contributed by atoms with Gasteiger partial charge in [0.1, 0.15) is 5.56 Å². The van der Waals surface area contributed by atoms with Crippen molar-refractivity contribution < 1.29 is 32.5 Å². The molecule has 6 nitrogen and oxygen atoms in total. The number of carboxylic acid groups (broad SMARTS) is 1. The van der Waals surface area contributed by atoms with Crippen molar-refractivity contribution in [1.29, 1.82) is 0 Å². The first-order valence-electron chi connectivity index (χ1n) is 9.01. The normalized spacial score (nSPS) is 20.1. The van der Waals surface area contributed by atoms with E-state index < -0.39 is 23.8 Å². The number of nitrogens with zero attached hydrogens (tertiary/aromatic N) is 2. The maximum atomic E-state index is 12.5. The van der Waals surface area contributed by atoms with Gasteiger partial charge in [-0.05, 0) is 37.2 Å². The van der Waals surface area contributed by atoms with Gasteiger partial charge in [-0.15, -0.1) is 18.3 Å². The van der Waals surface area contributed by atoms with E-state index in [1.807, 2.05) is 30.3 Å². The maximum Gasteiger partial charge on any atom is 0.574 e. The molecular weight excluding hydrogens is 377 g/mol. The molecular formula is C19H21F3N2O4. The summed E-state index contributed by atoms with van der Waals surface area (Å²) in [5.74, 6) is -2.07. The Balaban J connectivity index is 1.53. The summed E-state index contributed by atoms with van der Waals surface area (Å²) in [5.41, 5.74) is 0.511. The average Bonchev–Trinajstić information content (AvgIpc) is 3.05. The van der Waals surface area contributed by atoms with Crippen molar-refractivity contribution in [2.75, 3.05) is 6.61 Å². The highest BCUT2D eigenvalue weighted by atomic mass is 19.4. The Labute approximate surface area is 159 Å². The van der Waals surface area contributed by atoms with Gasteiger partial charge < -0.3 is 14.6 Å². The minimum absolute atomic E-state index is 0.158. The number of rotatable bonds is 7. The lowest BCUT2D eigenvalue weighted by molar-refractivity contribution is -0.276. The second-order valence-electron chi connectivity index (χ2n) is 6.86. The van der Waals surface area contributed by atoms with Gasteiger partial charge in [-0.1, -0.05) is 30.3 Å². The minimum Gasteiger partial charge on any atom is -0.477 e. The van der Waals surface area contributed by atoms with E-state index in [1.54, 1.807) is 0 Å². The highest BCUT2D eigenvalue weighted by Crippen LogP contribution is 2.34. The van der Waals surface area contributed by atoms with Crippen LogP contribution >= 0.6 is 0 Å². The Morgan fingerprint density at radius 1 is 1.18 bits per heavy atom. The van der Waals surface area contributed by atoms with Crippen molar-refractivity contribution in [3.8, 4) is 5.88 Å². The molecule has 0 aliphatic heterocycles. The van der Waals surface area contributed by atoms with E-state index in [2.05, 4.69) is 9.84 Å². The molecule has 9 heteroatoms. The number of benzene rings is 1. The predicted octanol–water partition coefficient (Wildman–Crippen LogP) is 4.43. The first kappa shape index (κ1) is 20.2. The minimum atomic E-state index is -4.99. The molecule has 3 rings (SSSR count). The molecule has 0 radical (unpaired) electrons. The molecule has 1 fully saturated rings. The first-order chi connectivity index (χ1) is 13.3. The van der Waals surface area contributed by atoms with Gasteiger partial charge in [0.2, 0.25) is 0 Å². The molecule has 1 aliphatic rings. The van der Waals surface area contributed by atoms with Gasteiger partial charge in [0.25, 0.3) is 5.88 Å². The molecule has 0 saturated heterocycles. The summed E-state index contributed by atoms with van der Waals surface area (Å²) < 4.78 is 48.1. The molecule has 0 atom stereocenters. The van der Waals surface area contributed by atoms with Crippen molar-refractivity contribution in [1.82, 2.24) is 9.78 Å². The van der Waals surface area contributed by atoms with Crippen LogP contribution in [0.1, 0.15) is 47.6 Å². The third-order valence-electron chi connectivity index (χ3n) is 4.80. The Morgan fingerprint density at radius 3 is 2.46 bits per heavy atom. The van der Waals surface area contributed by atoms with Crippen molar-refractivity contribution in [3.05, 3.63) is 47.7 Å². The number of aromatic nitrogens is 2. The molecule has 1 N–H and O–H groups in total. The maximum absolute atomic E-state index is 12.5. The van der Waals surface area contributed by atoms with Crippen molar-refractivity contribution >= 4 is 5.97 Å². The molecule has 0 spiro atoms. The lowest BCUT2D eigenvalue weighted by Gasteiger charge is -2.28. The van der Waals surface area contributed by atoms with E-state index in [4.69, 9.17) is 9.84 Å². The predicted molar refractivity (Wildman–Crippen MR) is 93.0 cm³/mol. The van der Waals surface area contributed by atoms with Crippen LogP contribution in [0.5, 0.6) is 5.88 Å². The fourth-order valence-corrected chi connectivity index (χ4v) is 3.39. The number of carbonyl (C=O) groups is 1. The summed E-state index contributed by atoms with van der Waals surface area (Å²) in [6.07, 6.45) is -0.844. The molecule has 1 saturated carbocycles. The third kappa shape index (κ3) is 5.48. The van der Waals surface area contributed by atoms with Gasteiger partial charge in [-0.3, -0.25) is 4.68 Å². The van der Waals surface area contributed by atoms with Crippen LogP contribution in [0.2, 0.25) is 0 Å². The third-order valence-corrected chi connectivity index (χ3v) is 4.80. The number of hydrogen-bond donors (Lipinski definition) is 1. The Morgan fingerprint density at radius 2 is 1.86 bits per heavy atom. The Hall–Kier alpha value is -2.55. The molecule has 2 aromatic rings. The standard InChI is InChI=1S/C19H21F3N2O4/c20-19(21,22)28-17-16(18(25)26)10-24(23-17)15-8-6-14(7-9-15)12-27-11-13-4-2-1-3-5-13/h1-5,10,14-15H,6-9,11-12H2,(H,25,26)/t14-,15-. The topological polar surface area (TPSA) is 73.6 Å². The summed E-state index contributed by atoms with van der Waals surface area (Å²) in [6, 6.07) is 9.69. The van der Waals surface area contributed by atoms with Gasteiger partial charge in [0, 0.05) is 12.8 Å². The number of ether oxygens (including phenoxy) is 2. The molecule has 1 heterocycles. The second kappa shape index (κ2) is 8.64. The number of hydrogen-bond acceptors (Lipinski definition) is 4. The number of aromatic carboxylic acids is 1. The lowest BCUT2D eigenvalue weighted by atomic mass is 9.86. The van der Waals surface area contributed by atoms with Crippen LogP contribution < -0.4 is 4.74 Å². The van der Waals surface area contributed by atoms with Crippen LogP contribution in [0.25, 0.3) is 0 Å². The first-order valence-corrected chi connectivity index (χ1v) is 9.01. The molecule has 1 aromatic heterocycles. The SMILES string of the molecule is O=C(O)c1cn([C@H]2CC[C@H](COCc3ccccc3)CC2)nc1OC(F)(F)F. The van der Waals surface area contributed by atoms with Gasteiger partial charge >= 0.3 is 12.3 Å². The van der Waals surface area contributed by atoms with E-state index >= 15 is 0 Å². The number of alkyl halides is 3. The van der Waals surface area contributed by atoms with Crippen molar-refractivity contribution in [2.24, 2.45) is 5.92 Å². The van der Waals surface area contributed by atoms with Crippen LogP contribution in [-0.2, 0) is 11.3 Å². The highest BCUT2D eigenvalue weighted by molar-refractivity contribution is 5.89. The summed E-state index contributed by atoms with van der Waals surface area (Å²) in [5, 5.41) is 12.8.